The fraction of sp³-hybridized carbons (Fsp3) is 0.300. The van der Waals surface area contributed by atoms with Crippen molar-refractivity contribution in [2.24, 2.45) is 0 Å². The van der Waals surface area contributed by atoms with Crippen molar-refractivity contribution in [3.63, 3.8) is 0 Å². The highest BCUT2D eigenvalue weighted by Gasteiger charge is 2.23. The number of anilines is 2. The predicted octanol–water partition coefficient (Wildman–Crippen LogP) is 1.72. The summed E-state index contributed by atoms with van der Waals surface area (Å²) in [5.41, 5.74) is 7.94. The van der Waals surface area contributed by atoms with E-state index in [1.165, 1.54) is 4.52 Å². The number of hydrogen-bond acceptors (Lipinski definition) is 7. The van der Waals surface area contributed by atoms with Crippen LogP contribution in [-0.4, -0.2) is 39.7 Å². The third-order valence-corrected chi connectivity index (χ3v) is 4.91. The molecule has 148 valence electrons. The van der Waals surface area contributed by atoms with E-state index in [2.05, 4.69) is 21.5 Å². The van der Waals surface area contributed by atoms with Gasteiger partial charge in [-0.05, 0) is 32.0 Å². The maximum absolute atomic E-state index is 12.8. The van der Waals surface area contributed by atoms with Crippen LogP contribution in [0.25, 0.3) is 5.65 Å². The molecule has 29 heavy (non-hydrogen) atoms. The summed E-state index contributed by atoms with van der Waals surface area (Å²) in [6.45, 7) is 5.20. The highest BCUT2D eigenvalue weighted by atomic mass is 16.5. The maximum atomic E-state index is 12.8. The van der Waals surface area contributed by atoms with Gasteiger partial charge in [-0.3, -0.25) is 4.79 Å². The Bertz CT molecular complexity index is 1130. The lowest BCUT2D eigenvalue weighted by Gasteiger charge is -2.25. The van der Waals surface area contributed by atoms with Crippen molar-refractivity contribution in [2.75, 3.05) is 23.7 Å². The molecular formula is C20H21N7O2. The van der Waals surface area contributed by atoms with Gasteiger partial charge < -0.3 is 20.7 Å². The Morgan fingerprint density at radius 1 is 1.41 bits per heavy atom. The first-order chi connectivity index (χ1) is 14.0. The molecule has 2 bridgehead atoms. The summed E-state index contributed by atoms with van der Waals surface area (Å²) in [5, 5.41) is 16.6. The first kappa shape index (κ1) is 18.6. The van der Waals surface area contributed by atoms with Crippen LogP contribution in [0.2, 0.25) is 0 Å². The van der Waals surface area contributed by atoms with Crippen LogP contribution in [0.15, 0.2) is 30.5 Å². The van der Waals surface area contributed by atoms with Gasteiger partial charge in [-0.2, -0.15) is 5.26 Å². The summed E-state index contributed by atoms with van der Waals surface area (Å²) < 4.78 is 7.57. The van der Waals surface area contributed by atoms with Gasteiger partial charge in [0.1, 0.15) is 23.2 Å². The second kappa shape index (κ2) is 7.31. The standard InChI is InChI=1S/C20H21N7O2/c1-3-26-11-14-13(9-21)5-4-6-15(14)29-12(2)10-23-20(28)17-18(22)25-27-8-7-16(26)24-19(17)27/h4-8,12H,3,10-11H2,1-2H3,(H2,22,25)(H,23,28)/t12-/m0/s1. The van der Waals surface area contributed by atoms with Crippen LogP contribution in [0.4, 0.5) is 11.6 Å². The number of nitrogen functional groups attached to an aromatic ring is 1. The van der Waals surface area contributed by atoms with Crippen LogP contribution in [-0.2, 0) is 6.54 Å². The molecule has 1 aliphatic rings. The Balaban J connectivity index is 1.90. The van der Waals surface area contributed by atoms with Crippen molar-refractivity contribution in [1.82, 2.24) is 19.9 Å². The number of nitriles is 1. The highest BCUT2D eigenvalue weighted by Crippen LogP contribution is 2.28. The van der Waals surface area contributed by atoms with E-state index in [9.17, 15) is 10.1 Å². The van der Waals surface area contributed by atoms with Crippen LogP contribution in [0.3, 0.4) is 0 Å². The average Bonchev–Trinajstić information content (AvgIpc) is 3.05. The van der Waals surface area contributed by atoms with Crippen LogP contribution in [0, 0.1) is 11.3 Å². The van der Waals surface area contributed by atoms with Crippen LogP contribution < -0.4 is 20.7 Å². The van der Waals surface area contributed by atoms with E-state index < -0.39 is 0 Å². The molecule has 3 N–H and O–H groups in total. The van der Waals surface area contributed by atoms with E-state index in [4.69, 9.17) is 10.5 Å². The first-order valence-corrected chi connectivity index (χ1v) is 9.38. The zero-order valence-electron chi connectivity index (χ0n) is 16.2. The Hall–Kier alpha value is -3.80. The lowest BCUT2D eigenvalue weighted by atomic mass is 10.1. The van der Waals surface area contributed by atoms with Gasteiger partial charge >= 0.3 is 0 Å². The number of ether oxygens (including phenoxy) is 1. The van der Waals surface area contributed by atoms with E-state index in [-0.39, 0.29) is 29.9 Å². The number of nitrogens with two attached hydrogens (primary N) is 1. The third kappa shape index (κ3) is 3.29. The molecule has 2 aromatic heterocycles. The molecule has 0 unspecified atom stereocenters. The molecule has 1 aliphatic heterocycles. The molecule has 3 heterocycles. The molecule has 0 fully saturated rings. The van der Waals surface area contributed by atoms with Gasteiger partial charge in [0.2, 0.25) is 0 Å². The number of benzene rings is 1. The van der Waals surface area contributed by atoms with Crippen LogP contribution in [0.5, 0.6) is 5.75 Å². The summed E-state index contributed by atoms with van der Waals surface area (Å²) in [5.74, 6) is 1.03. The number of carbonyl (C=O) groups excluding carboxylic acids is 1. The Kier molecular flexibility index (Phi) is 4.68. The molecule has 0 saturated heterocycles. The minimum atomic E-state index is -0.356. The lowest BCUT2D eigenvalue weighted by Crippen LogP contribution is -2.34. The normalized spacial score (nSPS) is 16.8. The van der Waals surface area contributed by atoms with E-state index in [0.29, 0.717) is 35.9 Å². The SMILES string of the molecule is CCN1Cc2c(C#N)cccc2O[C@@H](C)CNC(=O)c2c(N)nn3ccc1nc23. The van der Waals surface area contributed by atoms with Gasteiger partial charge in [0, 0.05) is 24.8 Å². The van der Waals surface area contributed by atoms with Crippen molar-refractivity contribution in [3.8, 4) is 11.8 Å². The fourth-order valence-electron chi connectivity index (χ4n) is 3.40. The minimum Gasteiger partial charge on any atom is -0.488 e. The lowest BCUT2D eigenvalue weighted by molar-refractivity contribution is 0.0934. The number of nitrogens with zero attached hydrogens (tertiary/aromatic N) is 5. The molecule has 1 atom stereocenters. The van der Waals surface area contributed by atoms with Crippen molar-refractivity contribution in [3.05, 3.63) is 47.2 Å². The topological polar surface area (TPSA) is 122 Å². The summed E-state index contributed by atoms with van der Waals surface area (Å²) >= 11 is 0. The van der Waals surface area contributed by atoms with Gasteiger partial charge in [-0.25, -0.2) is 9.50 Å². The number of amides is 1. The number of rotatable bonds is 1. The second-order valence-corrected chi connectivity index (χ2v) is 6.86. The van der Waals surface area contributed by atoms with E-state index in [0.717, 1.165) is 5.56 Å². The van der Waals surface area contributed by atoms with E-state index in [1.807, 2.05) is 30.9 Å². The molecule has 9 heteroatoms. The molecule has 4 rings (SSSR count). The van der Waals surface area contributed by atoms with Crippen LogP contribution >= 0.6 is 0 Å². The minimum absolute atomic E-state index is 0.119. The van der Waals surface area contributed by atoms with Crippen molar-refractivity contribution < 1.29 is 9.53 Å². The molecule has 0 radical (unpaired) electrons. The summed E-state index contributed by atoms with van der Waals surface area (Å²) in [6, 6.07) is 9.45. The van der Waals surface area contributed by atoms with Gasteiger partial charge in [0.05, 0.1) is 18.2 Å². The number of carbonyl (C=O) groups is 1. The summed E-state index contributed by atoms with van der Waals surface area (Å²) in [7, 11) is 0. The molecule has 0 saturated carbocycles. The first-order valence-electron chi connectivity index (χ1n) is 9.38. The van der Waals surface area contributed by atoms with Gasteiger partial charge in [0.15, 0.2) is 11.5 Å². The molecule has 0 spiro atoms. The second-order valence-electron chi connectivity index (χ2n) is 6.86. The number of nitrogens with one attached hydrogen (secondary N) is 1. The number of aromatic nitrogens is 3. The molecule has 9 nitrogen and oxygen atoms in total. The number of hydrogen-bond donors (Lipinski definition) is 2. The highest BCUT2D eigenvalue weighted by molar-refractivity contribution is 6.04. The smallest absolute Gasteiger partial charge is 0.259 e. The van der Waals surface area contributed by atoms with Crippen molar-refractivity contribution in [2.45, 2.75) is 26.5 Å². The fourth-order valence-corrected chi connectivity index (χ4v) is 3.40. The Morgan fingerprint density at radius 3 is 3.00 bits per heavy atom. The number of fused-ring (bicyclic) bond motifs is 2. The Morgan fingerprint density at radius 2 is 2.24 bits per heavy atom. The van der Waals surface area contributed by atoms with E-state index in [1.54, 1.807) is 18.3 Å². The van der Waals surface area contributed by atoms with Crippen LogP contribution in [0.1, 0.15) is 35.3 Å². The Labute approximate surface area is 167 Å². The molecule has 3 aromatic rings. The van der Waals surface area contributed by atoms with Crippen molar-refractivity contribution >= 4 is 23.2 Å². The van der Waals surface area contributed by atoms with Gasteiger partial charge in [-0.1, -0.05) is 6.07 Å². The largest absolute Gasteiger partial charge is 0.488 e. The molecule has 1 aromatic carbocycles. The zero-order valence-corrected chi connectivity index (χ0v) is 16.2. The zero-order chi connectivity index (χ0) is 20.5. The average molecular weight is 391 g/mol. The molecular weight excluding hydrogens is 370 g/mol. The monoisotopic (exact) mass is 391 g/mol. The van der Waals surface area contributed by atoms with Crippen molar-refractivity contribution in [1.29, 1.82) is 5.26 Å². The van der Waals surface area contributed by atoms with Gasteiger partial charge in [-0.15, -0.1) is 5.10 Å². The maximum Gasteiger partial charge on any atom is 0.259 e. The molecule has 1 amide bonds. The summed E-state index contributed by atoms with van der Waals surface area (Å²) in [6.07, 6.45) is 1.41. The predicted molar refractivity (Wildman–Crippen MR) is 108 cm³/mol. The molecule has 0 aliphatic carbocycles. The summed E-state index contributed by atoms with van der Waals surface area (Å²) in [4.78, 5) is 19.4. The van der Waals surface area contributed by atoms with E-state index >= 15 is 0 Å². The third-order valence-electron chi connectivity index (χ3n) is 4.91. The quantitative estimate of drug-likeness (QED) is 0.648. The van der Waals surface area contributed by atoms with Gasteiger partial charge in [0.25, 0.3) is 5.91 Å².